The number of hydrogen-bond donors (Lipinski definition) is 1. The van der Waals surface area contributed by atoms with Crippen LogP contribution < -0.4 is 10.2 Å². The van der Waals surface area contributed by atoms with Crippen LogP contribution in [0.25, 0.3) is 0 Å². The molecule has 1 heterocycles. The highest BCUT2D eigenvalue weighted by Gasteiger charge is 2.26. The Morgan fingerprint density at radius 3 is 2.75 bits per heavy atom. The van der Waals surface area contributed by atoms with Gasteiger partial charge in [0.1, 0.15) is 0 Å². The van der Waals surface area contributed by atoms with Crippen LogP contribution in [0, 0.1) is 0 Å². The third kappa shape index (κ3) is 3.34. The highest BCUT2D eigenvalue weighted by Crippen LogP contribution is 2.37. The summed E-state index contributed by atoms with van der Waals surface area (Å²) < 4.78 is 0. The summed E-state index contributed by atoms with van der Waals surface area (Å²) in [7, 11) is 2.20. The summed E-state index contributed by atoms with van der Waals surface area (Å²) in [5, 5.41) is 4.88. The molecule has 1 aliphatic rings. The van der Waals surface area contributed by atoms with Gasteiger partial charge < -0.3 is 10.2 Å². The maximum atomic E-state index is 4.98. The Kier molecular flexibility index (Phi) is 5.85. The molecule has 3 nitrogen and oxygen atoms in total. The lowest BCUT2D eigenvalue weighted by molar-refractivity contribution is 0.454. The summed E-state index contributed by atoms with van der Waals surface area (Å²) in [6.07, 6.45) is 7.32. The SMILES string of the molecule is CCCNC1CCCc2sc(N(C)C(CC)CC)nc21. The topological polar surface area (TPSA) is 28.2 Å². The molecule has 1 aromatic rings. The van der Waals surface area contributed by atoms with Crippen LogP contribution in [-0.4, -0.2) is 24.6 Å². The number of aryl methyl sites for hydroxylation is 1. The number of aromatic nitrogens is 1. The lowest BCUT2D eigenvalue weighted by Crippen LogP contribution is -2.30. The molecule has 1 N–H and O–H groups in total. The Balaban J connectivity index is 2.16. The van der Waals surface area contributed by atoms with Gasteiger partial charge in [-0.3, -0.25) is 0 Å². The molecule has 0 spiro atoms. The predicted octanol–water partition coefficient (Wildman–Crippen LogP) is 4.14. The van der Waals surface area contributed by atoms with Gasteiger partial charge in [0.2, 0.25) is 0 Å². The molecule has 0 saturated carbocycles. The van der Waals surface area contributed by atoms with Gasteiger partial charge >= 0.3 is 0 Å². The molecular weight excluding hydrogens is 266 g/mol. The summed E-state index contributed by atoms with van der Waals surface area (Å²) >= 11 is 1.91. The third-order valence-electron chi connectivity index (χ3n) is 4.38. The van der Waals surface area contributed by atoms with Gasteiger partial charge in [-0.1, -0.05) is 20.8 Å². The van der Waals surface area contributed by atoms with Crippen LogP contribution in [0.2, 0.25) is 0 Å². The van der Waals surface area contributed by atoms with Crippen LogP contribution in [0.3, 0.4) is 0 Å². The molecule has 0 aromatic carbocycles. The minimum atomic E-state index is 0.485. The largest absolute Gasteiger partial charge is 0.348 e. The molecule has 20 heavy (non-hydrogen) atoms. The van der Waals surface area contributed by atoms with E-state index in [1.54, 1.807) is 0 Å². The number of anilines is 1. The van der Waals surface area contributed by atoms with Gasteiger partial charge in [-0.2, -0.15) is 0 Å². The Morgan fingerprint density at radius 1 is 1.35 bits per heavy atom. The first-order chi connectivity index (χ1) is 9.71. The van der Waals surface area contributed by atoms with E-state index in [2.05, 4.69) is 38.0 Å². The van der Waals surface area contributed by atoms with Gasteiger partial charge in [0, 0.05) is 18.0 Å². The highest BCUT2D eigenvalue weighted by atomic mass is 32.1. The first-order valence-electron chi connectivity index (χ1n) is 8.17. The average Bonchev–Trinajstić information content (AvgIpc) is 2.90. The van der Waals surface area contributed by atoms with Gasteiger partial charge in [-0.05, 0) is 45.1 Å². The zero-order chi connectivity index (χ0) is 14.5. The van der Waals surface area contributed by atoms with Crippen molar-refractivity contribution in [3.8, 4) is 0 Å². The second-order valence-corrected chi connectivity index (χ2v) is 6.85. The van der Waals surface area contributed by atoms with E-state index in [-0.39, 0.29) is 0 Å². The Morgan fingerprint density at radius 2 is 2.10 bits per heavy atom. The molecule has 0 saturated heterocycles. The summed E-state index contributed by atoms with van der Waals surface area (Å²) in [5.74, 6) is 0. The third-order valence-corrected chi connectivity index (χ3v) is 5.60. The van der Waals surface area contributed by atoms with E-state index in [4.69, 9.17) is 4.98 Å². The number of nitrogens with one attached hydrogen (secondary N) is 1. The first-order valence-corrected chi connectivity index (χ1v) is 8.98. The van der Waals surface area contributed by atoms with Crippen LogP contribution in [0.15, 0.2) is 0 Å². The molecule has 0 aliphatic heterocycles. The van der Waals surface area contributed by atoms with Crippen molar-refractivity contribution in [2.75, 3.05) is 18.5 Å². The Labute approximate surface area is 127 Å². The Hall–Kier alpha value is -0.610. The van der Waals surface area contributed by atoms with E-state index < -0.39 is 0 Å². The summed E-state index contributed by atoms with van der Waals surface area (Å²) in [6, 6.07) is 1.10. The fraction of sp³-hybridized carbons (Fsp3) is 0.812. The smallest absolute Gasteiger partial charge is 0.185 e. The fourth-order valence-corrected chi connectivity index (χ4v) is 4.26. The lowest BCUT2D eigenvalue weighted by atomic mass is 9.97. The molecule has 2 rings (SSSR count). The van der Waals surface area contributed by atoms with Crippen LogP contribution in [0.1, 0.15) is 69.5 Å². The Bertz CT molecular complexity index is 412. The first kappa shape index (κ1) is 15.8. The van der Waals surface area contributed by atoms with Crippen molar-refractivity contribution in [2.24, 2.45) is 0 Å². The van der Waals surface area contributed by atoms with Crippen LogP contribution >= 0.6 is 11.3 Å². The molecule has 1 aliphatic carbocycles. The maximum absolute atomic E-state index is 4.98. The van der Waals surface area contributed by atoms with Gasteiger partial charge in [0.05, 0.1) is 11.7 Å². The van der Waals surface area contributed by atoms with Gasteiger partial charge in [0.15, 0.2) is 5.13 Å². The minimum Gasteiger partial charge on any atom is -0.348 e. The van der Waals surface area contributed by atoms with Gasteiger partial charge in [0.25, 0.3) is 0 Å². The van der Waals surface area contributed by atoms with Crippen molar-refractivity contribution < 1.29 is 0 Å². The van der Waals surface area contributed by atoms with Crippen LogP contribution in [-0.2, 0) is 6.42 Å². The molecule has 0 radical (unpaired) electrons. The summed E-state index contributed by atoms with van der Waals surface area (Å²) in [6.45, 7) is 7.86. The van der Waals surface area contributed by atoms with E-state index in [0.717, 1.165) is 6.54 Å². The molecule has 0 fully saturated rings. The normalized spacial score (nSPS) is 18.4. The molecule has 114 valence electrons. The van der Waals surface area contributed by atoms with Crippen molar-refractivity contribution in [1.29, 1.82) is 0 Å². The molecule has 1 atom stereocenters. The number of thiazole rings is 1. The zero-order valence-corrected chi connectivity index (χ0v) is 14.2. The molecule has 1 aromatic heterocycles. The van der Waals surface area contributed by atoms with Crippen molar-refractivity contribution in [3.63, 3.8) is 0 Å². The van der Waals surface area contributed by atoms with Gasteiger partial charge in [-0.15, -0.1) is 11.3 Å². The molecule has 4 heteroatoms. The average molecular weight is 295 g/mol. The fourth-order valence-electron chi connectivity index (χ4n) is 3.07. The van der Waals surface area contributed by atoms with Crippen molar-refractivity contribution in [1.82, 2.24) is 10.3 Å². The number of rotatable bonds is 7. The molecule has 1 unspecified atom stereocenters. The van der Waals surface area contributed by atoms with E-state index in [0.29, 0.717) is 12.1 Å². The van der Waals surface area contributed by atoms with Crippen molar-refractivity contribution in [3.05, 3.63) is 10.6 Å². The predicted molar refractivity (Wildman–Crippen MR) is 88.9 cm³/mol. The molecular formula is C16H29N3S. The monoisotopic (exact) mass is 295 g/mol. The minimum absolute atomic E-state index is 0.485. The van der Waals surface area contributed by atoms with Crippen LogP contribution in [0.5, 0.6) is 0 Å². The maximum Gasteiger partial charge on any atom is 0.185 e. The van der Waals surface area contributed by atoms with E-state index in [1.807, 2.05) is 11.3 Å². The zero-order valence-electron chi connectivity index (χ0n) is 13.4. The van der Waals surface area contributed by atoms with E-state index >= 15 is 0 Å². The summed E-state index contributed by atoms with van der Waals surface area (Å²) in [4.78, 5) is 8.88. The van der Waals surface area contributed by atoms with E-state index in [1.165, 1.54) is 54.2 Å². The van der Waals surface area contributed by atoms with Gasteiger partial charge in [-0.25, -0.2) is 4.98 Å². The standard InChI is InChI=1S/C16H29N3S/c1-5-11-17-13-9-8-10-14-15(13)18-16(20-14)19(4)12(6-2)7-3/h12-13,17H,5-11H2,1-4H3. The summed E-state index contributed by atoms with van der Waals surface area (Å²) in [5.41, 5.74) is 1.34. The number of nitrogens with zero attached hydrogens (tertiary/aromatic N) is 2. The van der Waals surface area contributed by atoms with Crippen molar-refractivity contribution in [2.45, 2.75) is 71.4 Å². The van der Waals surface area contributed by atoms with Crippen molar-refractivity contribution >= 4 is 16.5 Å². The molecule has 0 bridgehead atoms. The second kappa shape index (κ2) is 7.41. The molecule has 0 amide bonds. The number of fused-ring (bicyclic) bond motifs is 1. The quantitative estimate of drug-likeness (QED) is 0.819. The van der Waals surface area contributed by atoms with Crippen LogP contribution in [0.4, 0.5) is 5.13 Å². The highest BCUT2D eigenvalue weighted by molar-refractivity contribution is 7.15. The number of hydrogen-bond acceptors (Lipinski definition) is 4. The second-order valence-electron chi connectivity index (χ2n) is 5.79. The van der Waals surface area contributed by atoms with E-state index in [9.17, 15) is 0 Å². The lowest BCUT2D eigenvalue weighted by Gasteiger charge is -2.25.